The fourth-order valence-corrected chi connectivity index (χ4v) is 3.71. The summed E-state index contributed by atoms with van der Waals surface area (Å²) < 4.78 is 5.43. The number of nitrogens with one attached hydrogen (secondary N) is 2. The van der Waals surface area contributed by atoms with Gasteiger partial charge in [0, 0.05) is 11.4 Å². The molecule has 4 aromatic rings. The Labute approximate surface area is 188 Å². The summed E-state index contributed by atoms with van der Waals surface area (Å²) in [6.45, 7) is 2.04. The van der Waals surface area contributed by atoms with E-state index >= 15 is 0 Å². The predicted octanol–water partition coefficient (Wildman–Crippen LogP) is 5.74. The number of nitrogens with zero attached hydrogens (tertiary/aromatic N) is 1. The van der Waals surface area contributed by atoms with Crippen LogP contribution < -0.4 is 15.4 Å². The molecule has 0 saturated heterocycles. The summed E-state index contributed by atoms with van der Waals surface area (Å²) in [6.07, 6.45) is 1.78. The van der Waals surface area contributed by atoms with E-state index in [0.717, 1.165) is 29.4 Å². The van der Waals surface area contributed by atoms with Gasteiger partial charge in [0.05, 0.1) is 23.9 Å². The average molecular weight is 426 g/mol. The van der Waals surface area contributed by atoms with Gasteiger partial charge in [-0.25, -0.2) is 4.98 Å². The zero-order valence-corrected chi connectivity index (χ0v) is 18.3. The Balaban J connectivity index is 1.56. The SMILES string of the molecule is COc1ccccc1Nc1cc(C(=O)N[C@H](C)CCc2ccccc2)c2ccccc2n1. The molecule has 0 aliphatic heterocycles. The van der Waals surface area contributed by atoms with Crippen LogP contribution in [0.2, 0.25) is 0 Å². The van der Waals surface area contributed by atoms with Gasteiger partial charge in [-0.2, -0.15) is 0 Å². The van der Waals surface area contributed by atoms with Crippen LogP contribution in [0.5, 0.6) is 5.75 Å². The molecular weight excluding hydrogens is 398 g/mol. The van der Waals surface area contributed by atoms with Gasteiger partial charge in [0.25, 0.3) is 5.91 Å². The maximum Gasteiger partial charge on any atom is 0.252 e. The highest BCUT2D eigenvalue weighted by molar-refractivity contribution is 6.07. The predicted molar refractivity (Wildman–Crippen MR) is 130 cm³/mol. The number of fused-ring (bicyclic) bond motifs is 1. The van der Waals surface area contributed by atoms with Crippen LogP contribution in [0, 0.1) is 0 Å². The van der Waals surface area contributed by atoms with E-state index in [-0.39, 0.29) is 11.9 Å². The molecule has 0 saturated carbocycles. The molecule has 1 heterocycles. The zero-order chi connectivity index (χ0) is 22.3. The summed E-state index contributed by atoms with van der Waals surface area (Å²) in [5.41, 5.74) is 3.42. The normalized spacial score (nSPS) is 11.7. The number of carbonyl (C=O) groups is 1. The fourth-order valence-electron chi connectivity index (χ4n) is 3.71. The maximum absolute atomic E-state index is 13.2. The molecule has 162 valence electrons. The first kappa shape index (κ1) is 21.4. The van der Waals surface area contributed by atoms with Gasteiger partial charge >= 0.3 is 0 Å². The summed E-state index contributed by atoms with van der Waals surface area (Å²) >= 11 is 0. The first-order valence-electron chi connectivity index (χ1n) is 10.8. The number of amides is 1. The minimum absolute atomic E-state index is 0.0419. The lowest BCUT2D eigenvalue weighted by Gasteiger charge is -2.16. The van der Waals surface area contributed by atoms with Gasteiger partial charge in [-0.15, -0.1) is 0 Å². The standard InChI is InChI=1S/C27H27N3O2/c1-19(16-17-20-10-4-3-5-11-20)28-27(31)22-18-26(29-23-13-7-6-12-21(22)23)30-24-14-8-9-15-25(24)32-2/h3-15,18-19H,16-17H2,1-2H3,(H,28,31)(H,29,30)/t19-/m1/s1. The van der Waals surface area contributed by atoms with Crippen molar-refractivity contribution in [3.05, 3.63) is 96.1 Å². The molecular formula is C27H27N3O2. The molecule has 1 aromatic heterocycles. The molecule has 1 atom stereocenters. The van der Waals surface area contributed by atoms with Gasteiger partial charge in [0.15, 0.2) is 0 Å². The van der Waals surface area contributed by atoms with Gasteiger partial charge < -0.3 is 15.4 Å². The smallest absolute Gasteiger partial charge is 0.252 e. The van der Waals surface area contributed by atoms with E-state index < -0.39 is 0 Å². The maximum atomic E-state index is 13.2. The van der Waals surface area contributed by atoms with Crippen molar-refractivity contribution in [3.8, 4) is 5.75 Å². The van der Waals surface area contributed by atoms with Crippen molar-refractivity contribution in [1.82, 2.24) is 10.3 Å². The number of methoxy groups -OCH3 is 1. The van der Waals surface area contributed by atoms with Gasteiger partial charge in [0.1, 0.15) is 11.6 Å². The van der Waals surface area contributed by atoms with Crippen molar-refractivity contribution in [2.45, 2.75) is 25.8 Å². The summed E-state index contributed by atoms with van der Waals surface area (Å²) in [7, 11) is 1.63. The summed E-state index contributed by atoms with van der Waals surface area (Å²) in [6, 6.07) is 27.5. The number of pyridine rings is 1. The lowest BCUT2D eigenvalue weighted by Crippen LogP contribution is -2.33. The van der Waals surface area contributed by atoms with Crippen LogP contribution in [-0.2, 0) is 6.42 Å². The van der Waals surface area contributed by atoms with Crippen LogP contribution in [0.4, 0.5) is 11.5 Å². The Kier molecular flexibility index (Phi) is 6.66. The number of hydrogen-bond donors (Lipinski definition) is 2. The molecule has 0 fully saturated rings. The van der Waals surface area contributed by atoms with Crippen LogP contribution >= 0.6 is 0 Å². The Morgan fingerprint density at radius 3 is 2.50 bits per heavy atom. The van der Waals surface area contributed by atoms with E-state index in [2.05, 4.69) is 22.8 Å². The second-order valence-electron chi connectivity index (χ2n) is 7.80. The highest BCUT2D eigenvalue weighted by Gasteiger charge is 2.16. The number of rotatable bonds is 8. The second kappa shape index (κ2) is 9.96. The molecule has 3 aromatic carbocycles. The highest BCUT2D eigenvalue weighted by atomic mass is 16.5. The lowest BCUT2D eigenvalue weighted by atomic mass is 10.0. The van der Waals surface area contributed by atoms with Crippen LogP contribution in [0.3, 0.4) is 0 Å². The van der Waals surface area contributed by atoms with Gasteiger partial charge in [0.2, 0.25) is 0 Å². The summed E-state index contributed by atoms with van der Waals surface area (Å²) in [4.78, 5) is 17.9. The van der Waals surface area contributed by atoms with Crippen molar-refractivity contribution >= 4 is 28.3 Å². The molecule has 5 heteroatoms. The van der Waals surface area contributed by atoms with E-state index in [0.29, 0.717) is 17.1 Å². The minimum Gasteiger partial charge on any atom is -0.495 e. The Morgan fingerprint density at radius 2 is 1.69 bits per heavy atom. The monoisotopic (exact) mass is 425 g/mol. The van der Waals surface area contributed by atoms with Gasteiger partial charge in [-0.05, 0) is 49.6 Å². The Hall–Kier alpha value is -3.86. The number of anilines is 2. The number of aryl methyl sites for hydroxylation is 1. The van der Waals surface area contributed by atoms with Crippen LogP contribution in [0.15, 0.2) is 84.9 Å². The topological polar surface area (TPSA) is 63.2 Å². The molecule has 4 rings (SSSR count). The van der Waals surface area contributed by atoms with E-state index in [1.165, 1.54) is 5.56 Å². The first-order chi connectivity index (χ1) is 15.6. The van der Waals surface area contributed by atoms with E-state index in [1.54, 1.807) is 13.2 Å². The fraction of sp³-hybridized carbons (Fsp3) is 0.185. The van der Waals surface area contributed by atoms with Crippen LogP contribution in [-0.4, -0.2) is 24.0 Å². The third-order valence-electron chi connectivity index (χ3n) is 5.42. The lowest BCUT2D eigenvalue weighted by molar-refractivity contribution is 0.0940. The van der Waals surface area contributed by atoms with Gasteiger partial charge in [-0.3, -0.25) is 4.79 Å². The van der Waals surface area contributed by atoms with E-state index in [9.17, 15) is 4.79 Å². The minimum atomic E-state index is -0.104. The molecule has 0 aliphatic carbocycles. The molecule has 5 nitrogen and oxygen atoms in total. The van der Waals surface area contributed by atoms with Crippen LogP contribution in [0.1, 0.15) is 29.3 Å². The molecule has 0 spiro atoms. The molecule has 0 bridgehead atoms. The molecule has 1 amide bonds. The van der Waals surface area contributed by atoms with Crippen molar-refractivity contribution in [1.29, 1.82) is 0 Å². The third-order valence-corrected chi connectivity index (χ3v) is 5.42. The summed E-state index contributed by atoms with van der Waals surface area (Å²) in [5, 5.41) is 7.27. The molecule has 0 radical (unpaired) electrons. The third kappa shape index (κ3) is 5.06. The van der Waals surface area contributed by atoms with Crippen LogP contribution in [0.25, 0.3) is 10.9 Å². The molecule has 32 heavy (non-hydrogen) atoms. The van der Waals surface area contributed by atoms with E-state index in [4.69, 9.17) is 9.72 Å². The quantitative estimate of drug-likeness (QED) is 0.378. The highest BCUT2D eigenvalue weighted by Crippen LogP contribution is 2.28. The van der Waals surface area contributed by atoms with Crippen molar-refractivity contribution in [3.63, 3.8) is 0 Å². The molecule has 0 unspecified atom stereocenters. The number of carbonyl (C=O) groups excluding carboxylic acids is 1. The Morgan fingerprint density at radius 1 is 0.969 bits per heavy atom. The van der Waals surface area contributed by atoms with E-state index in [1.807, 2.05) is 73.7 Å². The zero-order valence-electron chi connectivity index (χ0n) is 18.3. The second-order valence-corrected chi connectivity index (χ2v) is 7.80. The van der Waals surface area contributed by atoms with Gasteiger partial charge in [-0.1, -0.05) is 60.7 Å². The largest absolute Gasteiger partial charge is 0.495 e. The number of ether oxygens (including phenoxy) is 1. The molecule has 2 N–H and O–H groups in total. The number of para-hydroxylation sites is 3. The number of aromatic nitrogens is 1. The Bertz CT molecular complexity index is 1210. The van der Waals surface area contributed by atoms with Crippen molar-refractivity contribution in [2.75, 3.05) is 12.4 Å². The van der Waals surface area contributed by atoms with Crippen molar-refractivity contribution < 1.29 is 9.53 Å². The summed E-state index contributed by atoms with van der Waals surface area (Å²) in [5.74, 6) is 1.20. The molecule has 0 aliphatic rings. The first-order valence-corrected chi connectivity index (χ1v) is 10.8. The van der Waals surface area contributed by atoms with Crippen molar-refractivity contribution in [2.24, 2.45) is 0 Å². The average Bonchev–Trinajstić information content (AvgIpc) is 2.83. The number of hydrogen-bond acceptors (Lipinski definition) is 4. The number of benzene rings is 3.